The van der Waals surface area contributed by atoms with E-state index in [2.05, 4.69) is 21.2 Å². The lowest BCUT2D eigenvalue weighted by Crippen LogP contribution is -2.42. The first-order chi connectivity index (χ1) is 12.9. The molecule has 2 amide bonds. The van der Waals surface area contributed by atoms with Crippen molar-refractivity contribution >= 4 is 23.3 Å². The summed E-state index contributed by atoms with van der Waals surface area (Å²) in [5.74, 6) is -0.216. The van der Waals surface area contributed by atoms with Crippen LogP contribution in [0.3, 0.4) is 0 Å². The average molecular weight is 368 g/mol. The van der Waals surface area contributed by atoms with Crippen molar-refractivity contribution in [3.63, 3.8) is 0 Å². The van der Waals surface area contributed by atoms with Crippen molar-refractivity contribution in [2.75, 3.05) is 5.32 Å². The third-order valence-corrected chi connectivity index (χ3v) is 3.71. The van der Waals surface area contributed by atoms with E-state index in [1.165, 1.54) is 30.5 Å². The second kappa shape index (κ2) is 7.69. The van der Waals surface area contributed by atoms with Crippen molar-refractivity contribution in [2.45, 2.75) is 13.8 Å². The highest BCUT2D eigenvalue weighted by molar-refractivity contribution is 6.02. The minimum absolute atomic E-state index is 0.183. The number of rotatable bonds is 4. The van der Waals surface area contributed by atoms with Crippen LogP contribution in [0.4, 0.5) is 15.9 Å². The van der Waals surface area contributed by atoms with Crippen molar-refractivity contribution in [1.82, 2.24) is 15.8 Å². The first-order valence-corrected chi connectivity index (χ1v) is 8.09. The highest BCUT2D eigenvalue weighted by Crippen LogP contribution is 2.19. The Kier molecular flexibility index (Phi) is 5.16. The highest BCUT2D eigenvalue weighted by Gasteiger charge is 2.17. The summed E-state index contributed by atoms with van der Waals surface area (Å²) in [5, 5.41) is 2.89. The van der Waals surface area contributed by atoms with Gasteiger partial charge in [0.05, 0.1) is 11.1 Å². The van der Waals surface area contributed by atoms with Crippen LogP contribution in [0.2, 0.25) is 0 Å². The zero-order valence-electron chi connectivity index (χ0n) is 14.7. The van der Waals surface area contributed by atoms with Crippen LogP contribution in [0.15, 0.2) is 53.1 Å². The van der Waals surface area contributed by atoms with Crippen LogP contribution in [0, 0.1) is 19.7 Å². The number of anilines is 2. The summed E-state index contributed by atoms with van der Waals surface area (Å²) >= 11 is 0. The van der Waals surface area contributed by atoms with Gasteiger partial charge < -0.3 is 9.73 Å². The van der Waals surface area contributed by atoms with Gasteiger partial charge >= 0.3 is 0 Å². The monoisotopic (exact) mass is 368 g/mol. The molecule has 0 atom stereocenters. The van der Waals surface area contributed by atoms with Gasteiger partial charge in [-0.3, -0.25) is 20.4 Å². The first kappa shape index (κ1) is 18.1. The van der Waals surface area contributed by atoms with Gasteiger partial charge in [0.25, 0.3) is 11.8 Å². The Balaban J connectivity index is 1.71. The summed E-state index contributed by atoms with van der Waals surface area (Å²) < 4.78 is 18.6. The molecule has 0 bridgehead atoms. The van der Waals surface area contributed by atoms with Crippen LogP contribution in [-0.2, 0) is 0 Å². The number of aryl methyl sites for hydroxylation is 2. The summed E-state index contributed by atoms with van der Waals surface area (Å²) in [6.45, 7) is 3.38. The number of amides is 2. The smallest absolute Gasteiger partial charge is 0.273 e. The molecule has 0 aliphatic carbocycles. The van der Waals surface area contributed by atoms with Crippen LogP contribution in [-0.4, -0.2) is 16.8 Å². The molecule has 0 aliphatic heterocycles. The number of hydrogen-bond acceptors (Lipinski definition) is 5. The van der Waals surface area contributed by atoms with Gasteiger partial charge in [-0.15, -0.1) is 0 Å². The van der Waals surface area contributed by atoms with E-state index in [1.54, 1.807) is 32.0 Å². The number of pyridine rings is 1. The number of benzene rings is 1. The summed E-state index contributed by atoms with van der Waals surface area (Å²) in [6, 6.07) is 10.5. The topological polar surface area (TPSA) is 96.3 Å². The van der Waals surface area contributed by atoms with E-state index >= 15 is 0 Å². The molecule has 0 fully saturated rings. The molecule has 27 heavy (non-hydrogen) atoms. The molecule has 8 heteroatoms. The van der Waals surface area contributed by atoms with Gasteiger partial charge in [-0.25, -0.2) is 9.37 Å². The van der Waals surface area contributed by atoms with E-state index in [-0.39, 0.29) is 11.4 Å². The third kappa shape index (κ3) is 4.30. The molecule has 0 unspecified atom stereocenters. The van der Waals surface area contributed by atoms with Crippen molar-refractivity contribution in [3.05, 3.63) is 77.1 Å². The van der Waals surface area contributed by atoms with Crippen LogP contribution < -0.4 is 16.2 Å². The third-order valence-electron chi connectivity index (χ3n) is 3.71. The maximum atomic E-state index is 13.3. The number of aromatic nitrogens is 1. The van der Waals surface area contributed by atoms with E-state index in [1.807, 2.05) is 0 Å². The van der Waals surface area contributed by atoms with E-state index in [9.17, 15) is 14.0 Å². The Morgan fingerprint density at radius 3 is 2.41 bits per heavy atom. The molecular formula is C19H17FN4O3. The number of carbonyl (C=O) groups excluding carboxylic acids is 2. The van der Waals surface area contributed by atoms with E-state index in [4.69, 9.17) is 4.42 Å². The van der Waals surface area contributed by atoms with Crippen molar-refractivity contribution < 1.29 is 18.4 Å². The standard InChI is InChI=1S/C19H17FN4O3/c1-11-9-16(12(2)27-11)19(26)24-23-18(25)15-7-4-8-21-17(15)22-14-6-3-5-13(20)10-14/h3-10H,1-2H3,(H,21,22)(H,23,25)(H,24,26). The largest absolute Gasteiger partial charge is 0.466 e. The molecule has 2 aromatic heterocycles. The van der Waals surface area contributed by atoms with Crippen molar-refractivity contribution in [2.24, 2.45) is 0 Å². The number of nitrogens with one attached hydrogen (secondary N) is 3. The van der Waals surface area contributed by atoms with Crippen LogP contribution in [0.25, 0.3) is 0 Å². The second-order valence-electron chi connectivity index (χ2n) is 5.77. The summed E-state index contributed by atoms with van der Waals surface area (Å²) in [4.78, 5) is 28.7. The molecule has 0 spiro atoms. The molecule has 3 rings (SSSR count). The summed E-state index contributed by atoms with van der Waals surface area (Å²) in [6.07, 6.45) is 1.49. The van der Waals surface area contributed by atoms with Crippen molar-refractivity contribution in [1.29, 1.82) is 0 Å². The molecular weight excluding hydrogens is 351 g/mol. The lowest BCUT2D eigenvalue weighted by Gasteiger charge is -2.11. The van der Waals surface area contributed by atoms with E-state index in [0.29, 0.717) is 22.8 Å². The minimum Gasteiger partial charge on any atom is -0.466 e. The fraction of sp³-hybridized carbons (Fsp3) is 0.105. The number of nitrogens with zero attached hydrogens (tertiary/aromatic N) is 1. The molecule has 3 N–H and O–H groups in total. The zero-order valence-corrected chi connectivity index (χ0v) is 14.7. The molecule has 0 aliphatic rings. The Labute approximate surface area is 154 Å². The average Bonchev–Trinajstić information content (AvgIpc) is 2.98. The van der Waals surface area contributed by atoms with Crippen LogP contribution in [0.1, 0.15) is 32.2 Å². The lowest BCUT2D eigenvalue weighted by molar-refractivity contribution is 0.0846. The number of hydrogen-bond donors (Lipinski definition) is 3. The predicted molar refractivity (Wildman–Crippen MR) is 97.0 cm³/mol. The van der Waals surface area contributed by atoms with Crippen LogP contribution >= 0.6 is 0 Å². The lowest BCUT2D eigenvalue weighted by atomic mass is 10.2. The number of furan rings is 1. The van der Waals surface area contributed by atoms with Gasteiger partial charge in [0, 0.05) is 11.9 Å². The maximum absolute atomic E-state index is 13.3. The SMILES string of the molecule is Cc1cc(C(=O)NNC(=O)c2cccnc2Nc2cccc(F)c2)c(C)o1. The van der Waals surface area contributed by atoms with Gasteiger partial charge in [0.1, 0.15) is 23.2 Å². The first-order valence-electron chi connectivity index (χ1n) is 8.09. The summed E-state index contributed by atoms with van der Waals surface area (Å²) in [5.41, 5.74) is 5.63. The quantitative estimate of drug-likeness (QED) is 0.615. The van der Waals surface area contributed by atoms with Crippen LogP contribution in [0.5, 0.6) is 0 Å². The second-order valence-corrected chi connectivity index (χ2v) is 5.77. The highest BCUT2D eigenvalue weighted by atomic mass is 19.1. The fourth-order valence-corrected chi connectivity index (χ4v) is 2.50. The Morgan fingerprint density at radius 2 is 1.74 bits per heavy atom. The maximum Gasteiger partial charge on any atom is 0.273 e. The molecule has 0 saturated heterocycles. The molecule has 138 valence electrons. The van der Waals surface area contributed by atoms with Gasteiger partial charge in [-0.1, -0.05) is 6.07 Å². The van der Waals surface area contributed by atoms with Gasteiger partial charge in [0.2, 0.25) is 0 Å². The van der Waals surface area contributed by atoms with E-state index < -0.39 is 17.6 Å². The van der Waals surface area contributed by atoms with Gasteiger partial charge in [-0.05, 0) is 50.2 Å². The van der Waals surface area contributed by atoms with Gasteiger partial charge in [-0.2, -0.15) is 0 Å². The Bertz CT molecular complexity index is 1000. The zero-order chi connectivity index (χ0) is 19.4. The Hall–Kier alpha value is -3.68. The fourth-order valence-electron chi connectivity index (χ4n) is 2.50. The predicted octanol–water partition coefficient (Wildman–Crippen LogP) is 3.25. The number of carbonyl (C=O) groups is 2. The number of halogens is 1. The minimum atomic E-state index is -0.576. The molecule has 0 radical (unpaired) electrons. The molecule has 1 aromatic carbocycles. The molecule has 0 saturated carbocycles. The van der Waals surface area contributed by atoms with Crippen molar-refractivity contribution in [3.8, 4) is 0 Å². The normalized spacial score (nSPS) is 10.3. The number of hydrazine groups is 1. The Morgan fingerprint density at radius 1 is 1.00 bits per heavy atom. The molecule has 7 nitrogen and oxygen atoms in total. The summed E-state index contributed by atoms with van der Waals surface area (Å²) in [7, 11) is 0. The van der Waals surface area contributed by atoms with Gasteiger partial charge in [0.15, 0.2) is 0 Å². The van der Waals surface area contributed by atoms with E-state index in [0.717, 1.165) is 0 Å². The molecule has 3 aromatic rings. The molecule has 2 heterocycles.